The third-order valence-corrected chi connectivity index (χ3v) is 2.28. The average molecular weight is 239 g/mol. The van der Waals surface area contributed by atoms with Gasteiger partial charge in [-0.15, -0.1) is 0 Å². The number of rotatable bonds is 4. The van der Waals surface area contributed by atoms with Gasteiger partial charge in [0, 0.05) is 25.4 Å². The maximum absolute atomic E-state index is 11.7. The largest absolute Gasteiger partial charge is 0.395 e. The highest BCUT2D eigenvalue weighted by Crippen LogP contribution is 2.03. The van der Waals surface area contributed by atoms with Crippen molar-refractivity contribution in [1.29, 1.82) is 0 Å². The normalized spacial score (nSPS) is 9.88. The molecule has 6 heteroatoms. The summed E-state index contributed by atoms with van der Waals surface area (Å²) in [5, 5.41) is 8.70. The number of likely N-dealkylation sites (N-methyl/N-ethyl adjacent to an activating group) is 1. The fourth-order valence-electron chi connectivity index (χ4n) is 1.11. The van der Waals surface area contributed by atoms with Gasteiger partial charge in [0.2, 0.25) is 0 Å². The maximum atomic E-state index is 11.7. The first kappa shape index (κ1) is 12.5. The highest BCUT2D eigenvalue weighted by Gasteiger charge is 2.12. The Bertz CT molecular complexity index is 392. The minimum Gasteiger partial charge on any atom is -0.395 e. The first-order valence-electron chi connectivity index (χ1n) is 4.68. The van der Waals surface area contributed by atoms with Gasteiger partial charge in [-0.3, -0.25) is 9.78 Å². The molecule has 1 aromatic heterocycles. The van der Waals surface area contributed by atoms with Crippen molar-refractivity contribution in [3.05, 3.63) is 29.6 Å². The molecule has 3 N–H and O–H groups in total. The van der Waals surface area contributed by atoms with Crippen molar-refractivity contribution in [3.8, 4) is 0 Å². The van der Waals surface area contributed by atoms with Crippen molar-refractivity contribution in [1.82, 2.24) is 9.88 Å². The lowest BCUT2D eigenvalue weighted by Crippen LogP contribution is -2.30. The Morgan fingerprint density at radius 1 is 1.62 bits per heavy atom. The van der Waals surface area contributed by atoms with Gasteiger partial charge in [-0.1, -0.05) is 12.2 Å². The molecule has 0 aliphatic carbocycles. The summed E-state index contributed by atoms with van der Waals surface area (Å²) in [7, 11) is 1.60. The number of carbonyl (C=O) groups is 1. The zero-order valence-corrected chi connectivity index (χ0v) is 9.70. The van der Waals surface area contributed by atoms with Gasteiger partial charge < -0.3 is 15.7 Å². The summed E-state index contributed by atoms with van der Waals surface area (Å²) in [5.41, 5.74) is 6.33. The van der Waals surface area contributed by atoms with Crippen molar-refractivity contribution in [2.45, 2.75) is 0 Å². The van der Waals surface area contributed by atoms with Crippen LogP contribution in [-0.2, 0) is 0 Å². The smallest absolute Gasteiger partial charge is 0.272 e. The van der Waals surface area contributed by atoms with Crippen molar-refractivity contribution in [2.24, 2.45) is 5.73 Å². The van der Waals surface area contributed by atoms with Crippen LogP contribution in [0.15, 0.2) is 18.3 Å². The van der Waals surface area contributed by atoms with Crippen LogP contribution >= 0.6 is 12.2 Å². The van der Waals surface area contributed by atoms with E-state index in [9.17, 15) is 4.79 Å². The number of amides is 1. The summed E-state index contributed by atoms with van der Waals surface area (Å²) < 4.78 is 0. The molecule has 0 aliphatic rings. The highest BCUT2D eigenvalue weighted by atomic mass is 32.1. The molecule has 0 aliphatic heterocycles. The number of hydrogen-bond acceptors (Lipinski definition) is 4. The Morgan fingerprint density at radius 3 is 2.75 bits per heavy atom. The molecule has 1 amide bonds. The van der Waals surface area contributed by atoms with E-state index in [2.05, 4.69) is 4.98 Å². The number of aromatic nitrogens is 1. The molecule has 0 unspecified atom stereocenters. The van der Waals surface area contributed by atoms with Crippen LogP contribution in [0.1, 0.15) is 16.1 Å². The minimum atomic E-state index is -0.247. The van der Waals surface area contributed by atoms with Crippen molar-refractivity contribution >= 4 is 23.1 Å². The van der Waals surface area contributed by atoms with E-state index in [1.165, 1.54) is 11.1 Å². The molecule has 0 aromatic carbocycles. The molecule has 1 aromatic rings. The zero-order valence-electron chi connectivity index (χ0n) is 8.88. The fraction of sp³-hybridized carbons (Fsp3) is 0.300. The second-order valence-electron chi connectivity index (χ2n) is 3.25. The van der Waals surface area contributed by atoms with Gasteiger partial charge in [0.1, 0.15) is 10.7 Å². The van der Waals surface area contributed by atoms with Gasteiger partial charge in [-0.05, 0) is 12.1 Å². The van der Waals surface area contributed by atoms with E-state index in [1.807, 2.05) is 0 Å². The fourth-order valence-corrected chi connectivity index (χ4v) is 1.23. The quantitative estimate of drug-likeness (QED) is 0.710. The molecule has 86 valence electrons. The van der Waals surface area contributed by atoms with Crippen LogP contribution in [0.25, 0.3) is 0 Å². The van der Waals surface area contributed by atoms with E-state index in [0.29, 0.717) is 11.3 Å². The van der Waals surface area contributed by atoms with Crippen LogP contribution in [-0.4, -0.2) is 46.1 Å². The van der Waals surface area contributed by atoms with E-state index in [0.717, 1.165) is 0 Å². The molecule has 16 heavy (non-hydrogen) atoms. The molecule has 5 nitrogen and oxygen atoms in total. The molecule has 0 spiro atoms. The zero-order chi connectivity index (χ0) is 12.1. The summed E-state index contributed by atoms with van der Waals surface area (Å²) >= 11 is 4.77. The predicted molar refractivity (Wildman–Crippen MR) is 64.2 cm³/mol. The summed E-state index contributed by atoms with van der Waals surface area (Å²) in [6, 6.07) is 3.21. The van der Waals surface area contributed by atoms with E-state index in [-0.39, 0.29) is 24.0 Å². The summed E-state index contributed by atoms with van der Waals surface area (Å²) in [6.07, 6.45) is 1.46. The van der Waals surface area contributed by atoms with Gasteiger partial charge in [-0.25, -0.2) is 0 Å². The van der Waals surface area contributed by atoms with Gasteiger partial charge in [-0.2, -0.15) is 0 Å². The monoisotopic (exact) mass is 239 g/mol. The van der Waals surface area contributed by atoms with E-state index < -0.39 is 0 Å². The minimum absolute atomic E-state index is 0.0762. The van der Waals surface area contributed by atoms with Gasteiger partial charge in [0.05, 0.1) is 6.61 Å². The Balaban J connectivity index is 2.81. The van der Waals surface area contributed by atoms with Crippen molar-refractivity contribution in [2.75, 3.05) is 20.2 Å². The lowest BCUT2D eigenvalue weighted by molar-refractivity contribution is 0.0761. The number of pyridine rings is 1. The molecule has 1 heterocycles. The van der Waals surface area contributed by atoms with Crippen LogP contribution in [0.2, 0.25) is 0 Å². The number of nitrogens with two attached hydrogens (primary N) is 1. The van der Waals surface area contributed by atoms with E-state index in [1.54, 1.807) is 19.2 Å². The summed E-state index contributed by atoms with van der Waals surface area (Å²) in [5.74, 6) is -0.247. The second-order valence-corrected chi connectivity index (χ2v) is 3.69. The Kier molecular flexibility index (Phi) is 4.33. The lowest BCUT2D eigenvalue weighted by Gasteiger charge is -2.14. The average Bonchev–Trinajstić information content (AvgIpc) is 2.28. The number of hydrogen-bond donors (Lipinski definition) is 2. The van der Waals surface area contributed by atoms with Crippen LogP contribution in [0.5, 0.6) is 0 Å². The van der Waals surface area contributed by atoms with Crippen molar-refractivity contribution < 1.29 is 9.90 Å². The molecule has 0 fully saturated rings. The van der Waals surface area contributed by atoms with Crippen LogP contribution in [0, 0.1) is 0 Å². The number of aliphatic hydroxyl groups is 1. The molecule has 0 bridgehead atoms. The molecule has 1 rings (SSSR count). The third-order valence-electron chi connectivity index (χ3n) is 2.05. The number of nitrogens with zero attached hydrogens (tertiary/aromatic N) is 2. The van der Waals surface area contributed by atoms with Gasteiger partial charge in [0.25, 0.3) is 5.91 Å². The maximum Gasteiger partial charge on any atom is 0.272 e. The van der Waals surface area contributed by atoms with Crippen LogP contribution < -0.4 is 5.73 Å². The second kappa shape index (κ2) is 5.53. The standard InChI is InChI=1S/C10H13N3O2S/c1-13(4-5-14)10(15)8-3-2-7(6-12-8)9(11)16/h2-3,6,14H,4-5H2,1H3,(H2,11,16). The van der Waals surface area contributed by atoms with E-state index in [4.69, 9.17) is 23.1 Å². The molecule has 0 atom stereocenters. The molecule has 0 saturated carbocycles. The number of thiocarbonyl (C=S) groups is 1. The third kappa shape index (κ3) is 2.98. The van der Waals surface area contributed by atoms with E-state index >= 15 is 0 Å². The molecular weight excluding hydrogens is 226 g/mol. The molecular formula is C10H13N3O2S. The molecule has 0 radical (unpaired) electrons. The summed E-state index contributed by atoms with van der Waals surface area (Å²) in [4.78, 5) is 17.3. The lowest BCUT2D eigenvalue weighted by atomic mass is 10.2. The first-order chi connectivity index (χ1) is 7.56. The van der Waals surface area contributed by atoms with Gasteiger partial charge in [0.15, 0.2) is 0 Å². The Morgan fingerprint density at radius 2 is 2.31 bits per heavy atom. The Labute approximate surface area is 98.9 Å². The summed E-state index contributed by atoms with van der Waals surface area (Å²) in [6.45, 7) is 0.199. The first-order valence-corrected chi connectivity index (χ1v) is 5.09. The van der Waals surface area contributed by atoms with Crippen LogP contribution in [0.3, 0.4) is 0 Å². The van der Waals surface area contributed by atoms with Crippen LogP contribution in [0.4, 0.5) is 0 Å². The highest BCUT2D eigenvalue weighted by molar-refractivity contribution is 7.80. The Hall–Kier alpha value is -1.53. The SMILES string of the molecule is CN(CCO)C(=O)c1ccc(C(N)=S)cn1. The van der Waals surface area contributed by atoms with Crippen molar-refractivity contribution in [3.63, 3.8) is 0 Å². The number of aliphatic hydroxyl groups excluding tert-OH is 1. The predicted octanol–water partition coefficient (Wildman–Crippen LogP) is -0.220. The topological polar surface area (TPSA) is 79.5 Å². The number of carbonyl (C=O) groups excluding carboxylic acids is 1. The van der Waals surface area contributed by atoms with Gasteiger partial charge >= 0.3 is 0 Å². The molecule has 0 saturated heterocycles.